The molecule has 0 aliphatic heterocycles. The summed E-state index contributed by atoms with van der Waals surface area (Å²) in [6.07, 6.45) is 0. The van der Waals surface area contributed by atoms with Crippen molar-refractivity contribution in [2.75, 3.05) is 0 Å². The maximum absolute atomic E-state index is 10.3. The quantitative estimate of drug-likeness (QED) is 0.500. The SMILES string of the molecule is C[Si](C)(C)/C=C/P(=O)(O)O. The normalized spacial score (nSPS) is 14.5. The average Bonchev–Trinajstić information content (AvgIpc) is 1.57. The topological polar surface area (TPSA) is 57.5 Å². The van der Waals surface area contributed by atoms with Gasteiger partial charge in [0, 0.05) is 5.82 Å². The van der Waals surface area contributed by atoms with Crippen LogP contribution in [0.3, 0.4) is 0 Å². The van der Waals surface area contributed by atoms with Gasteiger partial charge in [-0.15, -0.1) is 0 Å². The molecule has 2 N–H and O–H groups in total. The van der Waals surface area contributed by atoms with Crippen molar-refractivity contribution in [3.63, 3.8) is 0 Å². The van der Waals surface area contributed by atoms with E-state index >= 15 is 0 Å². The second-order valence-corrected chi connectivity index (χ2v) is 9.81. The van der Waals surface area contributed by atoms with Gasteiger partial charge >= 0.3 is 7.60 Å². The summed E-state index contributed by atoms with van der Waals surface area (Å²) in [6, 6.07) is 0. The molecule has 0 saturated carbocycles. The highest BCUT2D eigenvalue weighted by Crippen LogP contribution is 2.36. The van der Waals surface area contributed by atoms with Crippen LogP contribution >= 0.6 is 7.60 Å². The molecule has 0 amide bonds. The lowest BCUT2D eigenvalue weighted by molar-refractivity contribution is 0.386. The molecule has 0 bridgehead atoms. The summed E-state index contributed by atoms with van der Waals surface area (Å²) in [5.41, 5.74) is 1.65. The first-order chi connectivity index (χ1) is 4.21. The molecule has 0 aromatic heterocycles. The third-order valence-corrected chi connectivity index (χ3v) is 2.75. The molecule has 0 aromatic rings. The number of rotatable bonds is 2. The second-order valence-electron chi connectivity index (χ2n) is 3.27. The van der Waals surface area contributed by atoms with Crippen LogP contribution in [0, 0.1) is 0 Å². The summed E-state index contributed by atoms with van der Waals surface area (Å²) >= 11 is 0. The minimum Gasteiger partial charge on any atom is -0.321 e. The Bertz CT molecular complexity index is 176. The maximum atomic E-state index is 10.3. The summed E-state index contributed by atoms with van der Waals surface area (Å²) in [5.74, 6) is 0.999. The Morgan fingerprint density at radius 3 is 1.80 bits per heavy atom. The summed E-state index contributed by atoms with van der Waals surface area (Å²) in [5, 5.41) is 0. The molecule has 0 aromatic carbocycles. The molecule has 0 aliphatic carbocycles. The van der Waals surface area contributed by atoms with E-state index in [9.17, 15) is 4.57 Å². The Morgan fingerprint density at radius 2 is 1.70 bits per heavy atom. The summed E-state index contributed by atoms with van der Waals surface area (Å²) in [4.78, 5) is 16.9. The highest BCUT2D eigenvalue weighted by Gasteiger charge is 2.12. The van der Waals surface area contributed by atoms with Crippen LogP contribution < -0.4 is 0 Å². The predicted molar refractivity (Wildman–Crippen MR) is 44.5 cm³/mol. The zero-order chi connectivity index (χ0) is 8.41. The van der Waals surface area contributed by atoms with Gasteiger partial charge in [-0.1, -0.05) is 25.3 Å². The van der Waals surface area contributed by atoms with Gasteiger partial charge in [-0.25, -0.2) is 0 Å². The first-order valence-electron chi connectivity index (χ1n) is 2.96. The van der Waals surface area contributed by atoms with Crippen LogP contribution in [0.2, 0.25) is 19.6 Å². The van der Waals surface area contributed by atoms with Gasteiger partial charge in [0.15, 0.2) is 0 Å². The number of hydrogen-bond acceptors (Lipinski definition) is 1. The second kappa shape index (κ2) is 3.01. The third-order valence-electron chi connectivity index (χ3n) is 0.769. The minimum absolute atomic E-state index is 0.999. The maximum Gasteiger partial charge on any atom is 0.348 e. The van der Waals surface area contributed by atoms with Crippen molar-refractivity contribution in [3.8, 4) is 0 Å². The Balaban J connectivity index is 4.16. The van der Waals surface area contributed by atoms with Crippen LogP contribution in [0.5, 0.6) is 0 Å². The van der Waals surface area contributed by atoms with E-state index in [2.05, 4.69) is 0 Å². The van der Waals surface area contributed by atoms with Gasteiger partial charge in [0.2, 0.25) is 0 Å². The van der Waals surface area contributed by atoms with E-state index in [4.69, 9.17) is 9.79 Å². The molecule has 5 heteroatoms. The monoisotopic (exact) mass is 180 g/mol. The van der Waals surface area contributed by atoms with E-state index in [1.54, 1.807) is 5.70 Å². The third kappa shape index (κ3) is 8.11. The van der Waals surface area contributed by atoms with Gasteiger partial charge in [0.1, 0.15) is 0 Å². The summed E-state index contributed by atoms with van der Waals surface area (Å²) < 4.78 is 10.3. The predicted octanol–water partition coefficient (Wildman–Crippen LogP) is 1.56. The molecule has 0 fully saturated rings. The van der Waals surface area contributed by atoms with Crippen LogP contribution in [0.25, 0.3) is 0 Å². The molecule has 0 heterocycles. The summed E-state index contributed by atoms with van der Waals surface area (Å²) in [7, 11) is -5.35. The lowest BCUT2D eigenvalue weighted by atomic mass is 11.2. The van der Waals surface area contributed by atoms with E-state index < -0.39 is 15.7 Å². The standard InChI is InChI=1S/C5H13O3PSi/c1-10(2,3)5-4-9(6,7)8/h4-5H,1-3H3,(H2,6,7,8)/b5-4+. The molecule has 0 spiro atoms. The average molecular weight is 180 g/mol. The Morgan fingerprint density at radius 1 is 1.30 bits per heavy atom. The zero-order valence-electron chi connectivity index (χ0n) is 6.40. The molecule has 0 saturated heterocycles. The van der Waals surface area contributed by atoms with Gasteiger partial charge in [0.05, 0.1) is 8.07 Å². The van der Waals surface area contributed by atoms with Crippen LogP contribution in [0.15, 0.2) is 11.5 Å². The number of hydrogen-bond donors (Lipinski definition) is 2. The van der Waals surface area contributed by atoms with E-state index in [1.807, 2.05) is 19.6 Å². The van der Waals surface area contributed by atoms with Gasteiger partial charge in [0.25, 0.3) is 0 Å². The fourth-order valence-corrected chi connectivity index (χ4v) is 2.89. The lowest BCUT2D eigenvalue weighted by Gasteiger charge is -2.07. The molecule has 0 rings (SSSR count). The van der Waals surface area contributed by atoms with Crippen molar-refractivity contribution >= 4 is 15.7 Å². The van der Waals surface area contributed by atoms with E-state index in [0.717, 1.165) is 5.82 Å². The Kier molecular flexibility index (Phi) is 3.04. The minimum atomic E-state index is -3.91. The Hall–Kier alpha value is 0.107. The van der Waals surface area contributed by atoms with Gasteiger partial charge in [-0.3, -0.25) is 4.57 Å². The first kappa shape index (κ1) is 10.1. The smallest absolute Gasteiger partial charge is 0.321 e. The van der Waals surface area contributed by atoms with Gasteiger partial charge in [-0.2, -0.15) is 0 Å². The molecule has 10 heavy (non-hydrogen) atoms. The molecule has 0 radical (unpaired) electrons. The van der Waals surface area contributed by atoms with E-state index in [1.165, 1.54) is 0 Å². The highest BCUT2D eigenvalue weighted by molar-refractivity contribution is 7.55. The van der Waals surface area contributed by atoms with Crippen LogP contribution in [-0.4, -0.2) is 17.9 Å². The van der Waals surface area contributed by atoms with E-state index in [-0.39, 0.29) is 0 Å². The lowest BCUT2D eigenvalue weighted by Crippen LogP contribution is -2.15. The fourth-order valence-electron chi connectivity index (χ4n) is 0.321. The fraction of sp³-hybridized carbons (Fsp3) is 0.600. The molecular weight excluding hydrogens is 167 g/mol. The van der Waals surface area contributed by atoms with Crippen LogP contribution in [-0.2, 0) is 4.57 Å². The molecule has 3 nitrogen and oxygen atoms in total. The first-order valence-corrected chi connectivity index (χ1v) is 8.22. The van der Waals surface area contributed by atoms with Crippen molar-refractivity contribution in [1.82, 2.24) is 0 Å². The molecule has 0 atom stereocenters. The van der Waals surface area contributed by atoms with Gasteiger partial charge in [-0.05, 0) is 0 Å². The van der Waals surface area contributed by atoms with Crippen molar-refractivity contribution in [2.24, 2.45) is 0 Å². The summed E-state index contributed by atoms with van der Waals surface area (Å²) in [6.45, 7) is 6.04. The van der Waals surface area contributed by atoms with E-state index in [0.29, 0.717) is 0 Å². The van der Waals surface area contributed by atoms with Crippen molar-refractivity contribution in [3.05, 3.63) is 11.5 Å². The largest absolute Gasteiger partial charge is 0.348 e. The zero-order valence-corrected chi connectivity index (χ0v) is 8.30. The van der Waals surface area contributed by atoms with Crippen LogP contribution in [0.4, 0.5) is 0 Å². The van der Waals surface area contributed by atoms with Crippen molar-refractivity contribution < 1.29 is 14.4 Å². The molecular formula is C5H13O3PSi. The van der Waals surface area contributed by atoms with Crippen LogP contribution in [0.1, 0.15) is 0 Å². The van der Waals surface area contributed by atoms with Crippen molar-refractivity contribution in [2.45, 2.75) is 19.6 Å². The Labute approximate surface area is 61.9 Å². The van der Waals surface area contributed by atoms with Crippen molar-refractivity contribution in [1.29, 1.82) is 0 Å². The molecule has 60 valence electrons. The van der Waals surface area contributed by atoms with Gasteiger partial charge < -0.3 is 9.79 Å². The highest BCUT2D eigenvalue weighted by atomic mass is 31.2. The molecule has 0 unspecified atom stereocenters. The molecule has 0 aliphatic rings.